The number of anilines is 1. The number of primary amides is 1. The Morgan fingerprint density at radius 1 is 0.920 bits per heavy atom. The monoisotopic (exact) mass is 338 g/mol. The number of rotatable bonds is 4. The molecular formula is C19H22N4O2. The van der Waals surface area contributed by atoms with Crippen LogP contribution in [0.25, 0.3) is 0 Å². The molecule has 2 aromatic rings. The molecule has 0 spiro atoms. The zero-order chi connectivity index (χ0) is 17.6. The van der Waals surface area contributed by atoms with Gasteiger partial charge in [-0.2, -0.15) is 0 Å². The molecule has 0 saturated carbocycles. The van der Waals surface area contributed by atoms with E-state index in [4.69, 9.17) is 5.73 Å². The average molecular weight is 338 g/mol. The molecule has 1 aliphatic heterocycles. The SMILES string of the molecule is NC(=O)NCc1ccc(C(=O)N2CCN(c3ccccc3)CC2)cc1. The number of hydrogen-bond donors (Lipinski definition) is 2. The second-order valence-electron chi connectivity index (χ2n) is 6.03. The fourth-order valence-corrected chi connectivity index (χ4v) is 2.94. The molecule has 0 aromatic heterocycles. The molecule has 3 N–H and O–H groups in total. The minimum atomic E-state index is -0.559. The van der Waals surface area contributed by atoms with Crippen LogP contribution in [0, 0.1) is 0 Å². The van der Waals surface area contributed by atoms with Crippen LogP contribution < -0.4 is 16.0 Å². The lowest BCUT2D eigenvalue weighted by molar-refractivity contribution is 0.0746. The molecule has 1 heterocycles. The number of hydrogen-bond acceptors (Lipinski definition) is 3. The van der Waals surface area contributed by atoms with Gasteiger partial charge in [0, 0.05) is 44.0 Å². The fourth-order valence-electron chi connectivity index (χ4n) is 2.94. The number of nitrogens with two attached hydrogens (primary N) is 1. The van der Waals surface area contributed by atoms with Gasteiger partial charge in [0.2, 0.25) is 0 Å². The zero-order valence-electron chi connectivity index (χ0n) is 14.0. The molecule has 0 atom stereocenters. The first kappa shape index (κ1) is 16.8. The number of urea groups is 1. The average Bonchev–Trinajstić information content (AvgIpc) is 2.67. The Hall–Kier alpha value is -3.02. The van der Waals surface area contributed by atoms with Crippen molar-refractivity contribution in [3.8, 4) is 0 Å². The van der Waals surface area contributed by atoms with E-state index in [0.717, 1.165) is 18.7 Å². The van der Waals surface area contributed by atoms with Gasteiger partial charge < -0.3 is 20.9 Å². The first-order valence-corrected chi connectivity index (χ1v) is 8.35. The quantitative estimate of drug-likeness (QED) is 0.892. The van der Waals surface area contributed by atoms with Crippen molar-refractivity contribution in [2.24, 2.45) is 5.73 Å². The number of piperazine rings is 1. The Bertz CT molecular complexity index is 723. The van der Waals surface area contributed by atoms with Crippen molar-refractivity contribution in [1.29, 1.82) is 0 Å². The predicted molar refractivity (Wildman–Crippen MR) is 97.4 cm³/mol. The van der Waals surface area contributed by atoms with E-state index in [2.05, 4.69) is 22.3 Å². The van der Waals surface area contributed by atoms with Crippen LogP contribution in [0.3, 0.4) is 0 Å². The van der Waals surface area contributed by atoms with Gasteiger partial charge in [0.15, 0.2) is 0 Å². The highest BCUT2D eigenvalue weighted by Gasteiger charge is 2.22. The van der Waals surface area contributed by atoms with Gasteiger partial charge in [-0.3, -0.25) is 4.79 Å². The molecule has 1 aliphatic rings. The van der Waals surface area contributed by atoms with Crippen LogP contribution in [0.4, 0.5) is 10.5 Å². The normalized spacial score (nSPS) is 14.2. The van der Waals surface area contributed by atoms with Gasteiger partial charge in [0.25, 0.3) is 5.91 Å². The Kier molecular flexibility index (Phi) is 5.18. The van der Waals surface area contributed by atoms with Gasteiger partial charge in [-0.15, -0.1) is 0 Å². The summed E-state index contributed by atoms with van der Waals surface area (Å²) in [5.41, 5.74) is 7.82. The minimum Gasteiger partial charge on any atom is -0.368 e. The van der Waals surface area contributed by atoms with Crippen molar-refractivity contribution >= 4 is 17.6 Å². The van der Waals surface area contributed by atoms with Crippen LogP contribution in [0.2, 0.25) is 0 Å². The van der Waals surface area contributed by atoms with Crippen molar-refractivity contribution in [2.75, 3.05) is 31.1 Å². The molecule has 6 nitrogen and oxygen atoms in total. The maximum atomic E-state index is 12.6. The van der Waals surface area contributed by atoms with Crippen LogP contribution >= 0.6 is 0 Å². The molecule has 0 radical (unpaired) electrons. The number of carbonyl (C=O) groups is 2. The Morgan fingerprint density at radius 2 is 1.56 bits per heavy atom. The second-order valence-corrected chi connectivity index (χ2v) is 6.03. The third kappa shape index (κ3) is 4.29. The van der Waals surface area contributed by atoms with Crippen LogP contribution in [-0.2, 0) is 6.54 Å². The summed E-state index contributed by atoms with van der Waals surface area (Å²) in [6.07, 6.45) is 0. The summed E-state index contributed by atoms with van der Waals surface area (Å²) in [5.74, 6) is 0.0436. The number of carbonyl (C=O) groups excluding carboxylic acids is 2. The highest BCUT2D eigenvalue weighted by molar-refractivity contribution is 5.94. The summed E-state index contributed by atoms with van der Waals surface area (Å²) in [7, 11) is 0. The number of benzene rings is 2. The maximum Gasteiger partial charge on any atom is 0.312 e. The number of nitrogens with zero attached hydrogens (tertiary/aromatic N) is 2. The van der Waals surface area contributed by atoms with Crippen LogP contribution in [-0.4, -0.2) is 43.0 Å². The van der Waals surface area contributed by atoms with E-state index >= 15 is 0 Å². The molecule has 1 saturated heterocycles. The van der Waals surface area contributed by atoms with E-state index in [1.807, 2.05) is 35.2 Å². The fraction of sp³-hybridized carbons (Fsp3) is 0.263. The van der Waals surface area contributed by atoms with Crippen molar-refractivity contribution in [2.45, 2.75) is 6.54 Å². The van der Waals surface area contributed by atoms with Gasteiger partial charge in [0.1, 0.15) is 0 Å². The molecule has 0 unspecified atom stereocenters. The summed E-state index contributed by atoms with van der Waals surface area (Å²) in [5, 5.41) is 2.53. The zero-order valence-corrected chi connectivity index (χ0v) is 14.0. The van der Waals surface area contributed by atoms with E-state index < -0.39 is 6.03 Å². The lowest BCUT2D eigenvalue weighted by atomic mass is 10.1. The predicted octanol–water partition coefficient (Wildman–Crippen LogP) is 1.82. The number of nitrogens with one attached hydrogen (secondary N) is 1. The van der Waals surface area contributed by atoms with Crippen molar-refractivity contribution < 1.29 is 9.59 Å². The van der Waals surface area contributed by atoms with Crippen molar-refractivity contribution in [3.63, 3.8) is 0 Å². The van der Waals surface area contributed by atoms with Crippen molar-refractivity contribution in [1.82, 2.24) is 10.2 Å². The highest BCUT2D eigenvalue weighted by atomic mass is 16.2. The van der Waals surface area contributed by atoms with Gasteiger partial charge in [-0.05, 0) is 29.8 Å². The first-order chi connectivity index (χ1) is 12.1. The third-order valence-corrected chi connectivity index (χ3v) is 4.36. The summed E-state index contributed by atoms with van der Waals surface area (Å²) < 4.78 is 0. The van der Waals surface area contributed by atoms with Gasteiger partial charge in [0.05, 0.1) is 0 Å². The number of amides is 3. The summed E-state index contributed by atoms with van der Waals surface area (Å²) in [6, 6.07) is 17.0. The summed E-state index contributed by atoms with van der Waals surface area (Å²) in [6.45, 7) is 3.43. The van der Waals surface area contributed by atoms with Gasteiger partial charge in [-0.1, -0.05) is 30.3 Å². The van der Waals surface area contributed by atoms with E-state index in [-0.39, 0.29) is 5.91 Å². The van der Waals surface area contributed by atoms with E-state index in [9.17, 15) is 9.59 Å². The molecule has 130 valence electrons. The number of para-hydroxylation sites is 1. The Labute approximate surface area is 147 Å². The molecule has 0 bridgehead atoms. The van der Waals surface area contributed by atoms with Crippen LogP contribution in [0.5, 0.6) is 0 Å². The van der Waals surface area contributed by atoms with Gasteiger partial charge >= 0.3 is 6.03 Å². The summed E-state index contributed by atoms with van der Waals surface area (Å²) >= 11 is 0. The lowest BCUT2D eigenvalue weighted by Gasteiger charge is -2.36. The van der Waals surface area contributed by atoms with Gasteiger partial charge in [-0.25, -0.2) is 4.79 Å². The smallest absolute Gasteiger partial charge is 0.312 e. The van der Waals surface area contributed by atoms with E-state index in [1.165, 1.54) is 5.69 Å². The highest BCUT2D eigenvalue weighted by Crippen LogP contribution is 2.17. The van der Waals surface area contributed by atoms with Crippen LogP contribution in [0.1, 0.15) is 15.9 Å². The van der Waals surface area contributed by atoms with Crippen molar-refractivity contribution in [3.05, 3.63) is 65.7 Å². The second kappa shape index (κ2) is 7.70. The molecule has 1 fully saturated rings. The topological polar surface area (TPSA) is 78.7 Å². The molecule has 6 heteroatoms. The molecule has 25 heavy (non-hydrogen) atoms. The maximum absolute atomic E-state index is 12.6. The van der Waals surface area contributed by atoms with E-state index in [0.29, 0.717) is 25.2 Å². The summed E-state index contributed by atoms with van der Waals surface area (Å²) in [4.78, 5) is 27.5. The molecule has 3 amide bonds. The largest absolute Gasteiger partial charge is 0.368 e. The third-order valence-electron chi connectivity index (χ3n) is 4.36. The molecule has 3 rings (SSSR count). The molecule has 0 aliphatic carbocycles. The Balaban J connectivity index is 1.56. The molecular weight excluding hydrogens is 316 g/mol. The van der Waals surface area contributed by atoms with E-state index in [1.54, 1.807) is 12.1 Å². The Morgan fingerprint density at radius 3 is 2.16 bits per heavy atom. The first-order valence-electron chi connectivity index (χ1n) is 8.35. The molecule has 2 aromatic carbocycles. The van der Waals surface area contributed by atoms with Crippen LogP contribution in [0.15, 0.2) is 54.6 Å². The lowest BCUT2D eigenvalue weighted by Crippen LogP contribution is -2.48. The minimum absolute atomic E-state index is 0.0436. The standard InChI is InChI=1S/C19H22N4O2/c20-19(25)21-14-15-6-8-16(9-7-15)18(24)23-12-10-22(11-13-23)17-4-2-1-3-5-17/h1-9H,10-14H2,(H3,20,21,25).